The van der Waals surface area contributed by atoms with E-state index in [1.807, 2.05) is 30.3 Å². The molecule has 8 heteroatoms. The Morgan fingerprint density at radius 1 is 1.12 bits per heavy atom. The van der Waals surface area contributed by atoms with Crippen molar-refractivity contribution in [3.8, 4) is 22.4 Å². The van der Waals surface area contributed by atoms with Crippen molar-refractivity contribution in [3.05, 3.63) is 59.3 Å². The first-order chi connectivity index (χ1) is 12.5. The van der Waals surface area contributed by atoms with Crippen molar-refractivity contribution in [1.82, 2.24) is 9.88 Å². The Morgan fingerprint density at radius 2 is 1.81 bits per heavy atom. The van der Waals surface area contributed by atoms with Crippen molar-refractivity contribution in [2.24, 2.45) is 0 Å². The number of nitrogens with one attached hydrogen (secondary N) is 1. The van der Waals surface area contributed by atoms with Gasteiger partial charge in [0.15, 0.2) is 5.76 Å². The maximum absolute atomic E-state index is 13.0. The normalized spacial score (nSPS) is 11.7. The van der Waals surface area contributed by atoms with Crippen LogP contribution in [0, 0.1) is 6.92 Å². The molecule has 0 bridgehead atoms. The molecule has 0 aliphatic heterocycles. The van der Waals surface area contributed by atoms with Gasteiger partial charge in [0.2, 0.25) is 10.0 Å². The van der Waals surface area contributed by atoms with E-state index in [0.717, 1.165) is 5.56 Å². The highest BCUT2D eigenvalue weighted by Gasteiger charge is 2.27. The van der Waals surface area contributed by atoms with Crippen molar-refractivity contribution in [2.75, 3.05) is 13.8 Å². The van der Waals surface area contributed by atoms with Gasteiger partial charge in [-0.05, 0) is 12.5 Å². The second kappa shape index (κ2) is 7.59. The molecule has 1 aromatic heterocycles. The SMILES string of the molecule is COCNS(=O)(=O)c1c(-c2ccccc2)cccc1-c1noc(C)c1Cl. The van der Waals surface area contributed by atoms with Gasteiger partial charge in [-0.15, -0.1) is 0 Å². The van der Waals surface area contributed by atoms with Gasteiger partial charge in [0, 0.05) is 18.2 Å². The minimum absolute atomic E-state index is 0.0680. The third-order valence-electron chi connectivity index (χ3n) is 3.81. The van der Waals surface area contributed by atoms with Crippen LogP contribution in [-0.4, -0.2) is 27.4 Å². The van der Waals surface area contributed by atoms with Gasteiger partial charge in [0.05, 0.1) is 4.90 Å². The highest BCUT2D eigenvalue weighted by Crippen LogP contribution is 2.38. The van der Waals surface area contributed by atoms with Crippen molar-refractivity contribution in [1.29, 1.82) is 0 Å². The summed E-state index contributed by atoms with van der Waals surface area (Å²) in [5.41, 5.74) is 1.92. The van der Waals surface area contributed by atoms with Crippen LogP contribution in [0.4, 0.5) is 0 Å². The zero-order valence-electron chi connectivity index (χ0n) is 14.2. The maximum Gasteiger partial charge on any atom is 0.243 e. The predicted octanol–water partition coefficient (Wildman–Crippen LogP) is 3.85. The first-order valence-electron chi connectivity index (χ1n) is 7.75. The lowest BCUT2D eigenvalue weighted by molar-refractivity contribution is 0.194. The van der Waals surface area contributed by atoms with Crippen molar-refractivity contribution >= 4 is 21.6 Å². The molecule has 3 rings (SSSR count). The average molecular weight is 393 g/mol. The van der Waals surface area contributed by atoms with Gasteiger partial charge in [-0.1, -0.05) is 65.3 Å². The molecule has 1 N–H and O–H groups in total. The van der Waals surface area contributed by atoms with E-state index in [9.17, 15) is 8.42 Å². The van der Waals surface area contributed by atoms with Gasteiger partial charge in [0.25, 0.3) is 0 Å². The summed E-state index contributed by atoms with van der Waals surface area (Å²) in [6, 6.07) is 14.4. The molecule has 6 nitrogen and oxygen atoms in total. The quantitative estimate of drug-likeness (QED) is 0.644. The number of sulfonamides is 1. The second-order valence-corrected chi connectivity index (χ2v) is 7.61. The highest BCUT2D eigenvalue weighted by atomic mass is 35.5. The monoisotopic (exact) mass is 392 g/mol. The van der Waals surface area contributed by atoms with Crippen molar-refractivity contribution < 1.29 is 17.7 Å². The Labute approximate surface area is 156 Å². The number of ether oxygens (including phenoxy) is 1. The number of methoxy groups -OCH3 is 1. The van der Waals surface area contributed by atoms with E-state index in [-0.39, 0.29) is 22.3 Å². The van der Waals surface area contributed by atoms with Crippen molar-refractivity contribution in [3.63, 3.8) is 0 Å². The lowest BCUT2D eigenvalue weighted by atomic mass is 10.0. The van der Waals surface area contributed by atoms with Crippen LogP contribution in [0.3, 0.4) is 0 Å². The van der Waals surface area contributed by atoms with Crippen LogP contribution in [0.5, 0.6) is 0 Å². The molecule has 0 amide bonds. The van der Waals surface area contributed by atoms with E-state index in [4.69, 9.17) is 20.9 Å². The zero-order chi connectivity index (χ0) is 18.7. The zero-order valence-corrected chi connectivity index (χ0v) is 15.8. The molecular weight excluding hydrogens is 376 g/mol. The molecule has 0 fully saturated rings. The number of nitrogens with zero attached hydrogens (tertiary/aromatic N) is 1. The Bertz CT molecular complexity index is 1020. The van der Waals surface area contributed by atoms with Crippen LogP contribution in [-0.2, 0) is 14.8 Å². The Morgan fingerprint density at radius 3 is 2.42 bits per heavy atom. The van der Waals surface area contributed by atoms with Gasteiger partial charge in [0.1, 0.15) is 17.4 Å². The molecule has 3 aromatic rings. The molecule has 2 aromatic carbocycles. The molecule has 136 valence electrons. The minimum atomic E-state index is -3.90. The number of benzene rings is 2. The molecule has 0 saturated carbocycles. The van der Waals surface area contributed by atoms with Gasteiger partial charge < -0.3 is 9.26 Å². The van der Waals surface area contributed by atoms with Crippen LogP contribution in [0.25, 0.3) is 22.4 Å². The summed E-state index contributed by atoms with van der Waals surface area (Å²) in [7, 11) is -2.50. The van der Waals surface area contributed by atoms with Crippen LogP contribution >= 0.6 is 11.6 Å². The summed E-state index contributed by atoms with van der Waals surface area (Å²) >= 11 is 6.27. The summed E-state index contributed by atoms with van der Waals surface area (Å²) in [6.07, 6.45) is 0. The molecule has 0 spiro atoms. The number of aromatic nitrogens is 1. The van der Waals surface area contributed by atoms with E-state index in [0.29, 0.717) is 16.9 Å². The summed E-state index contributed by atoms with van der Waals surface area (Å²) in [5.74, 6) is 0.417. The molecule has 1 heterocycles. The van der Waals surface area contributed by atoms with Gasteiger partial charge in [-0.3, -0.25) is 0 Å². The van der Waals surface area contributed by atoms with Gasteiger partial charge in [-0.25, -0.2) is 8.42 Å². The molecule has 0 radical (unpaired) electrons. The highest BCUT2D eigenvalue weighted by molar-refractivity contribution is 7.89. The van der Waals surface area contributed by atoms with Crippen LogP contribution in [0.15, 0.2) is 57.9 Å². The van der Waals surface area contributed by atoms with Crippen molar-refractivity contribution in [2.45, 2.75) is 11.8 Å². The summed E-state index contributed by atoms with van der Waals surface area (Å²) in [4.78, 5) is 0.0680. The number of hydrogen-bond acceptors (Lipinski definition) is 5. The molecule has 0 saturated heterocycles. The topological polar surface area (TPSA) is 81.4 Å². The molecule has 0 aliphatic carbocycles. The molecule has 0 aliphatic rings. The number of aryl methyl sites for hydroxylation is 1. The summed E-state index contributed by atoms with van der Waals surface area (Å²) < 4.78 is 38.4. The van der Waals surface area contributed by atoms with Crippen LogP contribution < -0.4 is 4.72 Å². The fraction of sp³-hybridized carbons (Fsp3) is 0.167. The first-order valence-corrected chi connectivity index (χ1v) is 9.61. The fourth-order valence-corrected chi connectivity index (χ4v) is 4.11. The fourth-order valence-electron chi connectivity index (χ4n) is 2.60. The largest absolute Gasteiger partial charge is 0.369 e. The Hall–Kier alpha value is -2.19. The second-order valence-electron chi connectivity index (χ2n) is 5.53. The van der Waals surface area contributed by atoms with E-state index in [2.05, 4.69) is 9.88 Å². The molecular formula is C18H17ClN2O4S. The molecule has 0 atom stereocenters. The third kappa shape index (κ3) is 3.52. The van der Waals surface area contributed by atoms with Crippen LogP contribution in [0.2, 0.25) is 5.02 Å². The number of hydrogen-bond donors (Lipinski definition) is 1. The maximum atomic E-state index is 13.0. The summed E-state index contributed by atoms with van der Waals surface area (Å²) in [5, 5.41) is 4.22. The smallest absolute Gasteiger partial charge is 0.243 e. The number of rotatable bonds is 6. The third-order valence-corrected chi connectivity index (χ3v) is 5.73. The van der Waals surface area contributed by atoms with E-state index in [1.54, 1.807) is 25.1 Å². The Balaban J connectivity index is 2.31. The molecule has 26 heavy (non-hydrogen) atoms. The van der Waals surface area contributed by atoms with E-state index >= 15 is 0 Å². The van der Waals surface area contributed by atoms with E-state index in [1.165, 1.54) is 7.11 Å². The molecule has 0 unspecified atom stereocenters. The summed E-state index contributed by atoms with van der Waals surface area (Å²) in [6.45, 7) is 1.51. The lowest BCUT2D eigenvalue weighted by Gasteiger charge is -2.15. The van der Waals surface area contributed by atoms with Gasteiger partial charge in [-0.2, -0.15) is 4.72 Å². The predicted molar refractivity (Wildman–Crippen MR) is 99.3 cm³/mol. The van der Waals surface area contributed by atoms with Gasteiger partial charge >= 0.3 is 0 Å². The minimum Gasteiger partial charge on any atom is -0.369 e. The van der Waals surface area contributed by atoms with E-state index < -0.39 is 10.0 Å². The Kier molecular flexibility index (Phi) is 5.43. The first kappa shape index (κ1) is 18.6. The lowest BCUT2D eigenvalue weighted by Crippen LogP contribution is -2.26. The average Bonchev–Trinajstić information content (AvgIpc) is 2.99. The van der Waals surface area contributed by atoms with Crippen LogP contribution in [0.1, 0.15) is 5.76 Å². The standard InChI is InChI=1S/C18H17ClN2O4S/c1-12-16(19)17(21-25-12)15-10-6-9-14(13-7-4-3-5-8-13)18(15)26(22,23)20-11-24-2/h3-10,20H,11H2,1-2H3. The number of halogens is 1.